The second-order valence-corrected chi connectivity index (χ2v) is 4.94. The van der Waals surface area contributed by atoms with Crippen LogP contribution in [0.5, 0.6) is 11.5 Å². The first-order valence-corrected chi connectivity index (χ1v) is 6.97. The zero-order valence-corrected chi connectivity index (χ0v) is 12.5. The van der Waals surface area contributed by atoms with Crippen LogP contribution in [-0.2, 0) is 0 Å². The molecule has 5 heteroatoms. The van der Waals surface area contributed by atoms with Gasteiger partial charge in [0.05, 0.1) is 12.1 Å². The fourth-order valence-corrected chi connectivity index (χ4v) is 2.38. The Morgan fingerprint density at radius 1 is 1.05 bits per heavy atom. The molecular weight excluding hydrogens is 302 g/mol. The van der Waals surface area contributed by atoms with E-state index in [4.69, 9.17) is 21.1 Å². The molecule has 0 aliphatic rings. The molecule has 0 atom stereocenters. The van der Waals surface area contributed by atoms with E-state index in [9.17, 15) is 4.79 Å². The maximum atomic E-state index is 12.4. The Morgan fingerprint density at radius 2 is 1.86 bits per heavy atom. The van der Waals surface area contributed by atoms with Crippen molar-refractivity contribution in [3.05, 3.63) is 65.3 Å². The second kappa shape index (κ2) is 6.03. The van der Waals surface area contributed by atoms with Crippen molar-refractivity contribution in [2.75, 3.05) is 7.11 Å². The predicted molar refractivity (Wildman–Crippen MR) is 84.7 cm³/mol. The number of aromatic nitrogens is 1. The maximum Gasteiger partial charge on any atom is 0.347 e. The fourth-order valence-electron chi connectivity index (χ4n) is 2.16. The third-order valence-electron chi connectivity index (χ3n) is 3.21. The lowest BCUT2D eigenvalue weighted by Gasteiger charge is -2.10. The summed E-state index contributed by atoms with van der Waals surface area (Å²) in [5, 5.41) is 1.29. The van der Waals surface area contributed by atoms with Crippen molar-refractivity contribution in [2.45, 2.75) is 0 Å². The highest BCUT2D eigenvalue weighted by Gasteiger charge is 2.16. The van der Waals surface area contributed by atoms with Gasteiger partial charge in [0.25, 0.3) is 0 Å². The molecule has 1 aromatic heterocycles. The van der Waals surface area contributed by atoms with Crippen LogP contribution in [0, 0.1) is 0 Å². The molecule has 3 rings (SSSR count). The predicted octanol–water partition coefficient (Wildman–Crippen LogP) is 4.12. The molecule has 0 N–H and O–H groups in total. The highest BCUT2D eigenvalue weighted by molar-refractivity contribution is 6.35. The lowest BCUT2D eigenvalue weighted by atomic mass is 10.2. The van der Waals surface area contributed by atoms with Crippen molar-refractivity contribution in [3.63, 3.8) is 0 Å². The van der Waals surface area contributed by atoms with E-state index >= 15 is 0 Å². The molecule has 0 aliphatic carbocycles. The summed E-state index contributed by atoms with van der Waals surface area (Å²) in [4.78, 5) is 16.6. The molecule has 110 valence electrons. The van der Waals surface area contributed by atoms with Gasteiger partial charge in [0.15, 0.2) is 5.75 Å². The Balaban J connectivity index is 2.00. The highest BCUT2D eigenvalue weighted by atomic mass is 35.5. The summed E-state index contributed by atoms with van der Waals surface area (Å²) < 4.78 is 10.6. The number of esters is 1. The molecule has 0 radical (unpaired) electrons. The van der Waals surface area contributed by atoms with Crippen molar-refractivity contribution < 1.29 is 14.3 Å². The number of carbonyl (C=O) groups excluding carboxylic acids is 1. The highest BCUT2D eigenvalue weighted by Crippen LogP contribution is 2.30. The molecule has 3 aromatic rings. The number of methoxy groups -OCH3 is 1. The minimum Gasteiger partial charge on any atom is -0.496 e. The number of halogens is 1. The molecule has 0 amide bonds. The van der Waals surface area contributed by atoms with Gasteiger partial charge in [-0.15, -0.1) is 0 Å². The number of benzene rings is 2. The zero-order valence-electron chi connectivity index (χ0n) is 11.7. The molecule has 2 aromatic carbocycles. The Bertz CT molecular complexity index is 848. The number of ether oxygens (including phenoxy) is 2. The first-order chi connectivity index (χ1) is 10.7. The minimum absolute atomic E-state index is 0.351. The quantitative estimate of drug-likeness (QED) is 0.539. The minimum atomic E-state index is -0.508. The molecule has 1 heterocycles. The van der Waals surface area contributed by atoms with E-state index in [0.29, 0.717) is 27.6 Å². The third-order valence-corrected chi connectivity index (χ3v) is 3.54. The van der Waals surface area contributed by atoms with Crippen LogP contribution in [0.1, 0.15) is 10.4 Å². The SMILES string of the molecule is COc1ccccc1C(=O)Oc1ccc(Cl)c2cccnc12. The summed E-state index contributed by atoms with van der Waals surface area (Å²) in [5.74, 6) is 0.307. The summed E-state index contributed by atoms with van der Waals surface area (Å²) in [6, 6.07) is 13.8. The van der Waals surface area contributed by atoms with Gasteiger partial charge in [-0.1, -0.05) is 23.7 Å². The Morgan fingerprint density at radius 3 is 2.68 bits per heavy atom. The van der Waals surface area contributed by atoms with Gasteiger partial charge in [-0.2, -0.15) is 0 Å². The van der Waals surface area contributed by atoms with Crippen LogP contribution in [0.4, 0.5) is 0 Å². The van der Waals surface area contributed by atoms with Crippen LogP contribution in [0.3, 0.4) is 0 Å². The van der Waals surface area contributed by atoms with Crippen LogP contribution in [0.2, 0.25) is 5.02 Å². The number of pyridine rings is 1. The van der Waals surface area contributed by atoms with E-state index in [-0.39, 0.29) is 0 Å². The van der Waals surface area contributed by atoms with E-state index in [2.05, 4.69) is 4.98 Å². The van der Waals surface area contributed by atoms with Crippen LogP contribution in [-0.4, -0.2) is 18.1 Å². The largest absolute Gasteiger partial charge is 0.496 e. The average Bonchev–Trinajstić information content (AvgIpc) is 2.57. The van der Waals surface area contributed by atoms with Crippen molar-refractivity contribution in [2.24, 2.45) is 0 Å². The molecule has 0 aliphatic heterocycles. The average molecular weight is 314 g/mol. The van der Waals surface area contributed by atoms with Gasteiger partial charge in [0, 0.05) is 11.6 Å². The summed E-state index contributed by atoms with van der Waals surface area (Å²) in [5.41, 5.74) is 0.891. The number of fused-ring (bicyclic) bond motifs is 1. The molecule has 0 fully saturated rings. The standard InChI is InChI=1S/C17H12ClNO3/c1-21-14-7-3-2-5-12(14)17(20)22-15-9-8-13(18)11-6-4-10-19-16(11)15/h2-10H,1H3. The van der Waals surface area contributed by atoms with Crippen molar-refractivity contribution in [1.82, 2.24) is 4.98 Å². The molecular formula is C17H12ClNO3. The van der Waals surface area contributed by atoms with E-state index in [1.165, 1.54) is 7.11 Å². The molecule has 22 heavy (non-hydrogen) atoms. The molecule has 0 saturated heterocycles. The van der Waals surface area contributed by atoms with Gasteiger partial charge in [0.2, 0.25) is 0 Å². The Labute approximate surface area is 132 Å². The lowest BCUT2D eigenvalue weighted by molar-refractivity contribution is 0.0733. The summed E-state index contributed by atoms with van der Waals surface area (Å²) in [6.07, 6.45) is 1.62. The van der Waals surface area contributed by atoms with Crippen LogP contribution in [0.25, 0.3) is 10.9 Å². The number of carbonyl (C=O) groups is 1. The van der Waals surface area contributed by atoms with Crippen molar-refractivity contribution >= 4 is 28.5 Å². The van der Waals surface area contributed by atoms with Crippen LogP contribution in [0.15, 0.2) is 54.7 Å². The van der Waals surface area contributed by atoms with Gasteiger partial charge in [-0.25, -0.2) is 4.79 Å². The fraction of sp³-hybridized carbons (Fsp3) is 0.0588. The van der Waals surface area contributed by atoms with Gasteiger partial charge < -0.3 is 9.47 Å². The van der Waals surface area contributed by atoms with Crippen molar-refractivity contribution in [1.29, 1.82) is 0 Å². The van der Waals surface area contributed by atoms with Gasteiger partial charge in [0.1, 0.15) is 16.8 Å². The summed E-state index contributed by atoms with van der Waals surface area (Å²) in [6.45, 7) is 0. The maximum absolute atomic E-state index is 12.4. The molecule has 0 unspecified atom stereocenters. The Kier molecular flexibility index (Phi) is 3.94. The second-order valence-electron chi connectivity index (χ2n) is 4.53. The number of nitrogens with zero attached hydrogens (tertiary/aromatic N) is 1. The number of hydrogen-bond donors (Lipinski definition) is 0. The molecule has 0 bridgehead atoms. The van der Waals surface area contributed by atoms with Crippen LogP contribution >= 0.6 is 11.6 Å². The monoisotopic (exact) mass is 313 g/mol. The zero-order chi connectivity index (χ0) is 15.5. The number of para-hydroxylation sites is 1. The Hall–Kier alpha value is -2.59. The first-order valence-electron chi connectivity index (χ1n) is 6.59. The van der Waals surface area contributed by atoms with Gasteiger partial charge in [-0.05, 0) is 36.4 Å². The molecule has 0 saturated carbocycles. The first kappa shape index (κ1) is 14.4. The van der Waals surface area contributed by atoms with E-state index in [1.807, 2.05) is 6.07 Å². The molecule has 0 spiro atoms. The smallest absolute Gasteiger partial charge is 0.347 e. The summed E-state index contributed by atoms with van der Waals surface area (Å²) >= 11 is 6.13. The van der Waals surface area contributed by atoms with Gasteiger partial charge in [-0.3, -0.25) is 4.98 Å². The number of rotatable bonds is 3. The van der Waals surface area contributed by atoms with E-state index in [1.54, 1.807) is 48.7 Å². The lowest BCUT2D eigenvalue weighted by Crippen LogP contribution is -2.10. The topological polar surface area (TPSA) is 48.4 Å². The third kappa shape index (κ3) is 2.61. The van der Waals surface area contributed by atoms with E-state index < -0.39 is 5.97 Å². The van der Waals surface area contributed by atoms with Crippen LogP contribution < -0.4 is 9.47 Å². The number of hydrogen-bond acceptors (Lipinski definition) is 4. The normalized spacial score (nSPS) is 10.5. The summed E-state index contributed by atoms with van der Waals surface area (Å²) in [7, 11) is 1.51. The molecule has 4 nitrogen and oxygen atoms in total. The van der Waals surface area contributed by atoms with Gasteiger partial charge >= 0.3 is 5.97 Å². The van der Waals surface area contributed by atoms with Crippen molar-refractivity contribution in [3.8, 4) is 11.5 Å². The van der Waals surface area contributed by atoms with E-state index in [0.717, 1.165) is 5.39 Å².